The van der Waals surface area contributed by atoms with Crippen LogP contribution in [-0.4, -0.2) is 57.0 Å². The fourth-order valence-corrected chi connectivity index (χ4v) is 4.88. The lowest BCUT2D eigenvalue weighted by Gasteiger charge is -2.39. The van der Waals surface area contributed by atoms with Crippen LogP contribution in [0.3, 0.4) is 0 Å². The first-order valence-electron chi connectivity index (χ1n) is 9.01. The minimum Gasteiger partial charge on any atom is -0.496 e. The molecule has 1 aliphatic heterocycles. The van der Waals surface area contributed by atoms with Crippen LogP contribution in [0.25, 0.3) is 10.8 Å². The van der Waals surface area contributed by atoms with Crippen molar-refractivity contribution in [3.8, 4) is 5.75 Å². The lowest BCUT2D eigenvalue weighted by Crippen LogP contribution is -2.57. The van der Waals surface area contributed by atoms with Crippen LogP contribution < -0.4 is 10.1 Å². The number of methoxy groups -OCH3 is 1. The van der Waals surface area contributed by atoms with E-state index in [1.165, 1.54) is 0 Å². The Morgan fingerprint density at radius 3 is 2.61 bits per heavy atom. The Bertz CT molecular complexity index is 974. The molecule has 154 valence electrons. The van der Waals surface area contributed by atoms with Gasteiger partial charge in [-0.25, -0.2) is 8.42 Å². The first-order valence-corrected chi connectivity index (χ1v) is 10.7. The lowest BCUT2D eigenvalue weighted by molar-refractivity contribution is 0.352. The van der Waals surface area contributed by atoms with Crippen molar-refractivity contribution in [1.82, 2.24) is 10.2 Å². The maximum atomic E-state index is 12.3. The van der Waals surface area contributed by atoms with Crippen molar-refractivity contribution in [3.05, 3.63) is 42.0 Å². The van der Waals surface area contributed by atoms with Crippen LogP contribution >= 0.6 is 24.0 Å². The number of fused-ring (bicyclic) bond motifs is 1. The zero-order valence-electron chi connectivity index (χ0n) is 16.7. The van der Waals surface area contributed by atoms with Crippen molar-refractivity contribution >= 4 is 50.5 Å². The van der Waals surface area contributed by atoms with Gasteiger partial charge in [0, 0.05) is 32.2 Å². The van der Waals surface area contributed by atoms with Gasteiger partial charge in [0.05, 0.1) is 17.6 Å². The van der Waals surface area contributed by atoms with E-state index in [1.807, 2.05) is 29.2 Å². The minimum atomic E-state index is -3.09. The fraction of sp³-hybridized carbons (Fsp3) is 0.450. The summed E-state index contributed by atoms with van der Waals surface area (Å²) in [5.41, 5.74) is 1.06. The molecule has 28 heavy (non-hydrogen) atoms. The van der Waals surface area contributed by atoms with E-state index in [4.69, 9.17) is 4.74 Å². The number of guanidine groups is 1. The number of nitrogens with zero attached hydrogens (tertiary/aromatic N) is 2. The summed E-state index contributed by atoms with van der Waals surface area (Å²) < 4.78 is 29.3. The molecule has 0 atom stereocenters. The SMILES string of the molecule is CN=C(NCc1c(OC)ccc2ccccc12)N1CCS(=O)(=O)C(C)(C)C1.I. The molecule has 1 saturated heterocycles. The molecule has 2 aromatic carbocycles. The molecular weight excluding hydrogens is 489 g/mol. The van der Waals surface area contributed by atoms with Gasteiger partial charge in [-0.05, 0) is 30.7 Å². The van der Waals surface area contributed by atoms with Crippen LogP contribution in [0.2, 0.25) is 0 Å². The highest BCUT2D eigenvalue weighted by atomic mass is 127. The van der Waals surface area contributed by atoms with Gasteiger partial charge in [0.1, 0.15) is 5.75 Å². The highest BCUT2D eigenvalue weighted by molar-refractivity contribution is 14.0. The average Bonchev–Trinajstić information content (AvgIpc) is 2.64. The predicted molar refractivity (Wildman–Crippen MR) is 126 cm³/mol. The average molecular weight is 517 g/mol. The third-order valence-electron chi connectivity index (χ3n) is 5.20. The normalized spacial score (nSPS) is 18.4. The Hall–Kier alpha value is -1.55. The highest BCUT2D eigenvalue weighted by Gasteiger charge is 2.40. The van der Waals surface area contributed by atoms with Gasteiger partial charge in [-0.3, -0.25) is 4.99 Å². The fourth-order valence-electron chi connectivity index (χ4n) is 3.51. The maximum Gasteiger partial charge on any atom is 0.193 e. The molecule has 1 N–H and O–H groups in total. The van der Waals surface area contributed by atoms with E-state index in [1.54, 1.807) is 28.0 Å². The van der Waals surface area contributed by atoms with Crippen LogP contribution in [0.4, 0.5) is 0 Å². The second kappa shape index (κ2) is 8.86. The van der Waals surface area contributed by atoms with E-state index in [9.17, 15) is 8.42 Å². The summed E-state index contributed by atoms with van der Waals surface area (Å²) in [6.45, 7) is 4.95. The number of hydrogen-bond acceptors (Lipinski definition) is 4. The molecule has 0 amide bonds. The third kappa shape index (κ3) is 4.37. The second-order valence-electron chi connectivity index (χ2n) is 7.37. The van der Waals surface area contributed by atoms with Crippen LogP contribution in [0.15, 0.2) is 41.4 Å². The second-order valence-corrected chi connectivity index (χ2v) is 10.1. The third-order valence-corrected chi connectivity index (χ3v) is 7.73. The molecule has 0 saturated carbocycles. The van der Waals surface area contributed by atoms with E-state index in [-0.39, 0.29) is 29.7 Å². The molecule has 1 fully saturated rings. The molecule has 0 unspecified atom stereocenters. The number of nitrogens with one attached hydrogen (secondary N) is 1. The van der Waals surface area contributed by atoms with Crippen molar-refractivity contribution in [3.63, 3.8) is 0 Å². The van der Waals surface area contributed by atoms with Gasteiger partial charge < -0.3 is 15.0 Å². The van der Waals surface area contributed by atoms with Gasteiger partial charge in [-0.1, -0.05) is 30.3 Å². The van der Waals surface area contributed by atoms with Crippen molar-refractivity contribution in [2.45, 2.75) is 25.1 Å². The first kappa shape index (κ1) is 22.7. The summed E-state index contributed by atoms with van der Waals surface area (Å²) in [4.78, 5) is 6.38. The van der Waals surface area contributed by atoms with E-state index in [0.717, 1.165) is 22.1 Å². The molecule has 1 heterocycles. The van der Waals surface area contributed by atoms with E-state index < -0.39 is 14.6 Å². The quantitative estimate of drug-likeness (QED) is 0.385. The van der Waals surface area contributed by atoms with Gasteiger partial charge in [0.25, 0.3) is 0 Å². The summed E-state index contributed by atoms with van der Waals surface area (Å²) in [6, 6.07) is 12.2. The molecule has 2 aromatic rings. The maximum absolute atomic E-state index is 12.3. The van der Waals surface area contributed by atoms with Crippen LogP contribution in [0.1, 0.15) is 19.4 Å². The number of sulfone groups is 1. The topological polar surface area (TPSA) is 71.0 Å². The molecule has 0 spiro atoms. The van der Waals surface area contributed by atoms with Crippen LogP contribution in [-0.2, 0) is 16.4 Å². The van der Waals surface area contributed by atoms with E-state index in [2.05, 4.69) is 22.4 Å². The van der Waals surface area contributed by atoms with Gasteiger partial charge in [0.2, 0.25) is 0 Å². The summed E-state index contributed by atoms with van der Waals surface area (Å²) in [5, 5.41) is 5.66. The Morgan fingerprint density at radius 1 is 1.25 bits per heavy atom. The zero-order valence-corrected chi connectivity index (χ0v) is 19.9. The van der Waals surface area contributed by atoms with Gasteiger partial charge in [-0.15, -0.1) is 24.0 Å². The molecule has 3 rings (SSSR count). The largest absolute Gasteiger partial charge is 0.496 e. The number of rotatable bonds is 3. The Kier molecular flexibility index (Phi) is 7.19. The summed E-state index contributed by atoms with van der Waals surface area (Å²) >= 11 is 0. The predicted octanol–water partition coefficient (Wildman–Crippen LogP) is 3.05. The van der Waals surface area contributed by atoms with Crippen LogP contribution in [0.5, 0.6) is 5.75 Å². The monoisotopic (exact) mass is 517 g/mol. The van der Waals surface area contributed by atoms with Crippen molar-refractivity contribution in [1.29, 1.82) is 0 Å². The Morgan fingerprint density at radius 2 is 1.96 bits per heavy atom. The van der Waals surface area contributed by atoms with E-state index >= 15 is 0 Å². The Labute approximate surface area is 184 Å². The number of hydrogen-bond donors (Lipinski definition) is 1. The van der Waals surface area contributed by atoms with Crippen molar-refractivity contribution in [2.24, 2.45) is 4.99 Å². The molecule has 6 nitrogen and oxygen atoms in total. The summed E-state index contributed by atoms with van der Waals surface area (Å²) in [5.74, 6) is 1.66. The molecule has 8 heteroatoms. The number of ether oxygens (including phenoxy) is 1. The minimum absolute atomic E-state index is 0. The number of aliphatic imine (C=N–C) groups is 1. The van der Waals surface area contributed by atoms with Gasteiger partial charge in [0.15, 0.2) is 15.8 Å². The number of halogens is 1. The highest BCUT2D eigenvalue weighted by Crippen LogP contribution is 2.28. The zero-order chi connectivity index (χ0) is 19.7. The number of benzene rings is 2. The van der Waals surface area contributed by atoms with Crippen molar-refractivity contribution in [2.75, 3.05) is 33.0 Å². The summed E-state index contributed by atoms with van der Waals surface area (Å²) in [7, 11) is 0.301. The molecule has 0 bridgehead atoms. The van der Waals surface area contributed by atoms with Gasteiger partial charge >= 0.3 is 0 Å². The lowest BCUT2D eigenvalue weighted by atomic mass is 10.0. The standard InChI is InChI=1S/C20H27N3O3S.HI/c1-20(2)14-23(11-12-27(20,24)25)19(21-3)22-13-17-16-8-6-5-7-15(16)9-10-18(17)26-4;/h5-10H,11-14H2,1-4H3,(H,21,22);1H. The molecule has 0 aromatic heterocycles. The molecule has 1 aliphatic rings. The summed E-state index contributed by atoms with van der Waals surface area (Å²) in [6.07, 6.45) is 0. The smallest absolute Gasteiger partial charge is 0.193 e. The van der Waals surface area contributed by atoms with Crippen molar-refractivity contribution < 1.29 is 13.2 Å². The molecular formula is C20H28IN3O3S. The molecule has 0 aliphatic carbocycles. The van der Waals surface area contributed by atoms with E-state index in [0.29, 0.717) is 25.6 Å². The Balaban J connectivity index is 0.00000280. The van der Waals surface area contributed by atoms with Crippen LogP contribution in [0, 0.1) is 0 Å². The van der Waals surface area contributed by atoms with Gasteiger partial charge in [-0.2, -0.15) is 0 Å². The molecule has 0 radical (unpaired) electrons. The first-order chi connectivity index (χ1) is 12.8.